The molecule has 0 aliphatic carbocycles. The molecule has 0 radical (unpaired) electrons. The topological polar surface area (TPSA) is 77.2 Å². The summed E-state index contributed by atoms with van der Waals surface area (Å²) >= 11 is 0. The van der Waals surface area contributed by atoms with E-state index in [0.717, 1.165) is 0 Å². The molecule has 0 saturated carbocycles. The van der Waals surface area contributed by atoms with Gasteiger partial charge in [-0.2, -0.15) is 0 Å². The highest BCUT2D eigenvalue weighted by Crippen LogP contribution is 2.18. The molecular formula is C9H11NO3S. The molecule has 14 heavy (non-hydrogen) atoms. The first-order valence-corrected chi connectivity index (χ1v) is 5.52. The maximum Gasteiger partial charge on any atom is 0.239 e. The molecule has 0 saturated heterocycles. The van der Waals surface area contributed by atoms with E-state index in [1.165, 1.54) is 13.0 Å². The van der Waals surface area contributed by atoms with Gasteiger partial charge in [-0.15, -0.1) is 0 Å². The van der Waals surface area contributed by atoms with E-state index < -0.39 is 10.0 Å². The lowest BCUT2D eigenvalue weighted by Crippen LogP contribution is -2.17. The van der Waals surface area contributed by atoms with Crippen LogP contribution >= 0.6 is 0 Å². The van der Waals surface area contributed by atoms with Crippen LogP contribution in [0.2, 0.25) is 0 Å². The molecule has 0 bridgehead atoms. The molecule has 5 heteroatoms. The normalized spacial score (nSPS) is 11.4. The van der Waals surface area contributed by atoms with Crippen molar-refractivity contribution in [2.24, 2.45) is 5.14 Å². The number of hydrogen-bond acceptors (Lipinski definition) is 3. The summed E-state index contributed by atoms with van der Waals surface area (Å²) < 4.78 is 22.4. The molecule has 0 fully saturated rings. The Hall–Kier alpha value is -1.20. The van der Waals surface area contributed by atoms with Gasteiger partial charge in [0.15, 0.2) is 5.78 Å². The van der Waals surface area contributed by atoms with Crippen LogP contribution in [0.1, 0.15) is 22.8 Å². The highest BCUT2D eigenvalue weighted by molar-refractivity contribution is 7.89. The third-order valence-electron chi connectivity index (χ3n) is 1.88. The third-order valence-corrected chi connectivity index (χ3v) is 2.99. The van der Waals surface area contributed by atoms with Gasteiger partial charge < -0.3 is 0 Å². The Balaban J connectivity index is 3.62. The number of rotatable bonds is 2. The fraction of sp³-hybridized carbons (Fsp3) is 0.222. The number of hydrogen-bond donors (Lipinski definition) is 1. The average Bonchev–Trinajstić information content (AvgIpc) is 2.01. The largest absolute Gasteiger partial charge is 0.294 e. The van der Waals surface area contributed by atoms with Crippen LogP contribution in [-0.4, -0.2) is 14.2 Å². The van der Waals surface area contributed by atoms with Gasteiger partial charge in [-0.1, -0.05) is 18.2 Å². The Morgan fingerprint density at radius 1 is 1.36 bits per heavy atom. The summed E-state index contributed by atoms with van der Waals surface area (Å²) in [5, 5.41) is 5.02. The summed E-state index contributed by atoms with van der Waals surface area (Å²) in [4.78, 5) is 11.1. The van der Waals surface area contributed by atoms with Gasteiger partial charge in [-0.3, -0.25) is 4.79 Å². The van der Waals surface area contributed by atoms with Crippen molar-refractivity contribution in [2.75, 3.05) is 0 Å². The fourth-order valence-electron chi connectivity index (χ4n) is 1.31. The Labute approximate surface area is 82.8 Å². The monoisotopic (exact) mass is 213 g/mol. The average molecular weight is 213 g/mol. The lowest BCUT2D eigenvalue weighted by molar-refractivity contribution is 0.101. The quantitative estimate of drug-likeness (QED) is 0.739. The van der Waals surface area contributed by atoms with E-state index >= 15 is 0 Å². The van der Waals surface area contributed by atoms with E-state index in [9.17, 15) is 13.2 Å². The minimum absolute atomic E-state index is 0.0764. The second-order valence-corrected chi connectivity index (χ2v) is 4.55. The molecule has 0 aromatic heterocycles. The molecule has 0 amide bonds. The lowest BCUT2D eigenvalue weighted by Gasteiger charge is -2.07. The fourth-order valence-corrected chi connectivity index (χ4v) is 2.34. The van der Waals surface area contributed by atoms with Crippen LogP contribution in [0.15, 0.2) is 23.1 Å². The molecule has 2 N–H and O–H groups in total. The van der Waals surface area contributed by atoms with E-state index in [1.54, 1.807) is 19.1 Å². The second-order valence-electron chi connectivity index (χ2n) is 3.05. The Bertz CT molecular complexity index is 477. The minimum Gasteiger partial charge on any atom is -0.294 e. The summed E-state index contributed by atoms with van der Waals surface area (Å²) in [7, 11) is -3.83. The second kappa shape index (κ2) is 3.51. The molecular weight excluding hydrogens is 202 g/mol. The molecule has 1 aromatic carbocycles. The molecule has 4 nitrogen and oxygen atoms in total. The number of benzene rings is 1. The zero-order valence-corrected chi connectivity index (χ0v) is 8.76. The van der Waals surface area contributed by atoms with Crippen molar-refractivity contribution >= 4 is 15.8 Å². The van der Waals surface area contributed by atoms with E-state index in [-0.39, 0.29) is 16.2 Å². The van der Waals surface area contributed by atoms with Crippen molar-refractivity contribution in [3.8, 4) is 0 Å². The van der Waals surface area contributed by atoms with Crippen molar-refractivity contribution in [1.29, 1.82) is 0 Å². The number of ketones is 1. The maximum atomic E-state index is 11.2. The molecule has 0 aliphatic rings. The number of carbonyl (C=O) groups excluding carboxylic acids is 1. The molecule has 0 spiro atoms. The van der Waals surface area contributed by atoms with Crippen molar-refractivity contribution in [2.45, 2.75) is 18.7 Å². The summed E-state index contributed by atoms with van der Waals surface area (Å²) in [5.41, 5.74) is 0.632. The number of carbonyl (C=O) groups is 1. The molecule has 1 rings (SSSR count). The van der Waals surface area contributed by atoms with E-state index in [0.29, 0.717) is 5.56 Å². The van der Waals surface area contributed by atoms with Gasteiger partial charge in [0, 0.05) is 5.56 Å². The zero-order valence-electron chi connectivity index (χ0n) is 7.94. The lowest BCUT2D eigenvalue weighted by atomic mass is 10.1. The van der Waals surface area contributed by atoms with Gasteiger partial charge in [0.2, 0.25) is 10.0 Å². The molecule has 1 aromatic rings. The first-order valence-electron chi connectivity index (χ1n) is 3.97. The number of sulfonamides is 1. The zero-order chi connectivity index (χ0) is 10.9. The molecule has 0 atom stereocenters. The van der Waals surface area contributed by atoms with Crippen LogP contribution in [0.5, 0.6) is 0 Å². The van der Waals surface area contributed by atoms with E-state index in [2.05, 4.69) is 0 Å². The van der Waals surface area contributed by atoms with Gasteiger partial charge in [-0.05, 0) is 19.4 Å². The highest BCUT2D eigenvalue weighted by Gasteiger charge is 2.18. The first kappa shape index (κ1) is 10.9. The van der Waals surface area contributed by atoms with Crippen molar-refractivity contribution in [3.63, 3.8) is 0 Å². The minimum atomic E-state index is -3.83. The summed E-state index contributed by atoms with van der Waals surface area (Å²) in [6.45, 7) is 2.91. The summed E-state index contributed by atoms with van der Waals surface area (Å²) in [5.74, 6) is -0.308. The van der Waals surface area contributed by atoms with Crippen LogP contribution < -0.4 is 5.14 Å². The predicted molar refractivity (Wildman–Crippen MR) is 52.6 cm³/mol. The Morgan fingerprint density at radius 3 is 2.29 bits per heavy atom. The van der Waals surface area contributed by atoms with Gasteiger partial charge in [0.05, 0.1) is 4.90 Å². The van der Waals surface area contributed by atoms with Gasteiger partial charge in [0.25, 0.3) is 0 Å². The van der Waals surface area contributed by atoms with Crippen LogP contribution in [-0.2, 0) is 10.0 Å². The number of aryl methyl sites for hydroxylation is 1. The SMILES string of the molecule is CC(=O)c1cccc(C)c1S(N)(=O)=O. The van der Waals surface area contributed by atoms with Crippen molar-refractivity contribution < 1.29 is 13.2 Å². The van der Waals surface area contributed by atoms with Crippen LogP contribution in [0.25, 0.3) is 0 Å². The van der Waals surface area contributed by atoms with E-state index in [4.69, 9.17) is 5.14 Å². The maximum absolute atomic E-state index is 11.2. The van der Waals surface area contributed by atoms with Crippen LogP contribution in [0, 0.1) is 6.92 Å². The standard InChI is InChI=1S/C9H11NO3S/c1-6-4-3-5-8(7(2)11)9(6)14(10,12)13/h3-5H,1-2H3,(H2,10,12,13). The molecule has 0 unspecified atom stereocenters. The number of primary sulfonamides is 1. The summed E-state index contributed by atoms with van der Waals surface area (Å²) in [6.07, 6.45) is 0. The Morgan fingerprint density at radius 2 is 1.93 bits per heavy atom. The third kappa shape index (κ3) is 2.00. The predicted octanol–water partition coefficient (Wildman–Crippen LogP) is 0.845. The van der Waals surface area contributed by atoms with Gasteiger partial charge >= 0.3 is 0 Å². The van der Waals surface area contributed by atoms with Crippen LogP contribution in [0.3, 0.4) is 0 Å². The molecule has 0 heterocycles. The summed E-state index contributed by atoms with van der Waals surface area (Å²) in [6, 6.07) is 4.68. The Kier molecular flexibility index (Phi) is 2.73. The van der Waals surface area contributed by atoms with Crippen LogP contribution in [0.4, 0.5) is 0 Å². The molecule has 76 valence electrons. The number of Topliss-reactive ketones (excluding diaryl/α,β-unsaturated/α-hetero) is 1. The van der Waals surface area contributed by atoms with Crippen molar-refractivity contribution in [3.05, 3.63) is 29.3 Å². The highest BCUT2D eigenvalue weighted by atomic mass is 32.2. The first-order chi connectivity index (χ1) is 6.34. The smallest absolute Gasteiger partial charge is 0.239 e. The van der Waals surface area contributed by atoms with Gasteiger partial charge in [-0.25, -0.2) is 13.6 Å². The van der Waals surface area contributed by atoms with E-state index in [1.807, 2.05) is 0 Å². The number of nitrogens with two attached hydrogens (primary N) is 1. The molecule has 0 aliphatic heterocycles. The van der Waals surface area contributed by atoms with Gasteiger partial charge in [0.1, 0.15) is 0 Å². The van der Waals surface area contributed by atoms with Crippen molar-refractivity contribution in [1.82, 2.24) is 0 Å².